The number of benzene rings is 1. The van der Waals surface area contributed by atoms with Gasteiger partial charge in [0.05, 0.1) is 0 Å². The van der Waals surface area contributed by atoms with Crippen molar-refractivity contribution in [2.45, 2.75) is 25.3 Å². The molecule has 1 unspecified atom stereocenters. The summed E-state index contributed by atoms with van der Waals surface area (Å²) < 4.78 is 1.93. The van der Waals surface area contributed by atoms with Crippen molar-refractivity contribution in [2.24, 2.45) is 7.05 Å². The highest BCUT2D eigenvalue weighted by Gasteiger charge is 2.21. The van der Waals surface area contributed by atoms with E-state index >= 15 is 0 Å². The van der Waals surface area contributed by atoms with Gasteiger partial charge in [-0.1, -0.05) is 17.7 Å². The zero-order valence-electron chi connectivity index (χ0n) is 11.1. The van der Waals surface area contributed by atoms with Gasteiger partial charge in [-0.25, -0.2) is 0 Å². The molecule has 0 saturated carbocycles. The van der Waals surface area contributed by atoms with Gasteiger partial charge in [-0.05, 0) is 42.2 Å². The predicted molar refractivity (Wildman–Crippen MR) is 77.4 cm³/mol. The second-order valence-corrected chi connectivity index (χ2v) is 5.52. The number of aryl methyl sites for hydroxylation is 2. The van der Waals surface area contributed by atoms with E-state index in [1.165, 1.54) is 23.2 Å². The van der Waals surface area contributed by atoms with Crippen molar-refractivity contribution in [3.63, 3.8) is 0 Å². The molecular formula is C15H18ClN3. The Morgan fingerprint density at radius 2 is 2.32 bits per heavy atom. The molecule has 0 amide bonds. The van der Waals surface area contributed by atoms with Gasteiger partial charge in [0.15, 0.2) is 0 Å². The van der Waals surface area contributed by atoms with Crippen LogP contribution in [0.3, 0.4) is 0 Å². The quantitative estimate of drug-likeness (QED) is 0.930. The van der Waals surface area contributed by atoms with E-state index in [1.54, 1.807) is 0 Å². The summed E-state index contributed by atoms with van der Waals surface area (Å²) >= 11 is 6.03. The highest BCUT2D eigenvalue weighted by atomic mass is 35.5. The number of nitrogens with zero attached hydrogens (tertiary/aromatic N) is 2. The molecule has 1 heterocycles. The number of hydrogen-bond donors (Lipinski definition) is 1. The first kappa shape index (κ1) is 12.7. The number of fused-ring (bicyclic) bond motifs is 1. The first-order chi connectivity index (χ1) is 9.24. The molecule has 2 aromatic rings. The third-order valence-electron chi connectivity index (χ3n) is 3.88. The average molecular weight is 276 g/mol. The van der Waals surface area contributed by atoms with Crippen LogP contribution in [-0.4, -0.2) is 16.3 Å². The van der Waals surface area contributed by atoms with Gasteiger partial charge in [0.25, 0.3) is 0 Å². The number of aromatic nitrogens is 2. The fourth-order valence-electron chi connectivity index (χ4n) is 2.82. The number of nitrogens with one attached hydrogen (secondary N) is 1. The molecule has 0 spiro atoms. The summed E-state index contributed by atoms with van der Waals surface area (Å²) in [6.07, 6.45) is 5.15. The summed E-state index contributed by atoms with van der Waals surface area (Å²) in [5.41, 5.74) is 4.07. The van der Waals surface area contributed by atoms with E-state index in [0.29, 0.717) is 6.04 Å². The van der Waals surface area contributed by atoms with Crippen molar-refractivity contribution in [2.75, 3.05) is 6.54 Å². The Labute approximate surface area is 118 Å². The molecule has 3 nitrogen and oxygen atoms in total. The molecule has 3 rings (SSSR count). The van der Waals surface area contributed by atoms with Crippen molar-refractivity contribution >= 4 is 11.6 Å². The van der Waals surface area contributed by atoms with Crippen LogP contribution < -0.4 is 5.32 Å². The third kappa shape index (κ3) is 2.67. The van der Waals surface area contributed by atoms with Crippen molar-refractivity contribution < 1.29 is 0 Å². The lowest BCUT2D eigenvalue weighted by Gasteiger charge is -2.14. The van der Waals surface area contributed by atoms with E-state index in [1.807, 2.05) is 24.0 Å². The fourth-order valence-corrected chi connectivity index (χ4v) is 3.01. The normalized spacial score (nSPS) is 17.7. The zero-order chi connectivity index (χ0) is 13.2. The molecule has 1 aliphatic rings. The standard InChI is InChI=1S/C15H18ClN3/c1-19-13(7-9-18-19)6-8-17-15-5-2-11-10-12(16)3-4-14(11)15/h3-4,7,9-10,15,17H,2,5-6,8H2,1H3. The zero-order valence-corrected chi connectivity index (χ0v) is 11.8. The molecule has 4 heteroatoms. The molecular weight excluding hydrogens is 258 g/mol. The molecule has 1 atom stereocenters. The molecule has 19 heavy (non-hydrogen) atoms. The molecule has 0 bridgehead atoms. The van der Waals surface area contributed by atoms with E-state index in [9.17, 15) is 0 Å². The van der Waals surface area contributed by atoms with E-state index < -0.39 is 0 Å². The Balaban J connectivity index is 1.60. The summed E-state index contributed by atoms with van der Waals surface area (Å²) in [6.45, 7) is 0.978. The van der Waals surface area contributed by atoms with Crippen LogP contribution >= 0.6 is 11.6 Å². The molecule has 1 aromatic carbocycles. The first-order valence-corrected chi connectivity index (χ1v) is 7.10. The summed E-state index contributed by atoms with van der Waals surface area (Å²) in [6, 6.07) is 8.79. The summed E-state index contributed by atoms with van der Waals surface area (Å²) in [4.78, 5) is 0. The van der Waals surface area contributed by atoms with Crippen LogP contribution in [0.2, 0.25) is 5.02 Å². The monoisotopic (exact) mass is 275 g/mol. The maximum atomic E-state index is 6.03. The molecule has 1 aliphatic carbocycles. The molecule has 0 saturated heterocycles. The Bertz CT molecular complexity index is 577. The van der Waals surface area contributed by atoms with Crippen LogP contribution in [0.25, 0.3) is 0 Å². The van der Waals surface area contributed by atoms with Crippen LogP contribution in [-0.2, 0) is 19.9 Å². The van der Waals surface area contributed by atoms with E-state index in [4.69, 9.17) is 11.6 Å². The molecule has 1 N–H and O–H groups in total. The van der Waals surface area contributed by atoms with Crippen LogP contribution in [0.4, 0.5) is 0 Å². The van der Waals surface area contributed by atoms with E-state index in [2.05, 4.69) is 28.6 Å². The van der Waals surface area contributed by atoms with Crippen LogP contribution in [0.5, 0.6) is 0 Å². The Morgan fingerprint density at radius 1 is 1.42 bits per heavy atom. The fraction of sp³-hybridized carbons (Fsp3) is 0.400. The molecule has 0 fully saturated rings. The highest BCUT2D eigenvalue weighted by molar-refractivity contribution is 6.30. The van der Waals surface area contributed by atoms with Gasteiger partial charge in [0, 0.05) is 43.0 Å². The van der Waals surface area contributed by atoms with Crippen molar-refractivity contribution in [1.82, 2.24) is 15.1 Å². The largest absolute Gasteiger partial charge is 0.310 e. The Hall–Kier alpha value is -1.32. The lowest BCUT2D eigenvalue weighted by atomic mass is 10.1. The second kappa shape index (κ2) is 5.35. The smallest absolute Gasteiger partial charge is 0.0492 e. The van der Waals surface area contributed by atoms with Gasteiger partial charge in [-0.3, -0.25) is 4.68 Å². The summed E-state index contributed by atoms with van der Waals surface area (Å²) in [5, 5.41) is 8.67. The van der Waals surface area contributed by atoms with Crippen LogP contribution in [0.15, 0.2) is 30.5 Å². The van der Waals surface area contributed by atoms with Crippen molar-refractivity contribution in [3.8, 4) is 0 Å². The minimum atomic E-state index is 0.473. The minimum Gasteiger partial charge on any atom is -0.310 e. The predicted octanol–water partition coefficient (Wildman–Crippen LogP) is 2.89. The van der Waals surface area contributed by atoms with Gasteiger partial charge in [0.2, 0.25) is 0 Å². The van der Waals surface area contributed by atoms with Gasteiger partial charge in [0.1, 0.15) is 0 Å². The van der Waals surface area contributed by atoms with Crippen molar-refractivity contribution in [1.29, 1.82) is 0 Å². The third-order valence-corrected chi connectivity index (χ3v) is 4.11. The SMILES string of the molecule is Cn1nccc1CCNC1CCc2cc(Cl)ccc21. The Morgan fingerprint density at radius 3 is 3.11 bits per heavy atom. The molecule has 0 aliphatic heterocycles. The number of hydrogen-bond acceptors (Lipinski definition) is 2. The van der Waals surface area contributed by atoms with Gasteiger partial charge < -0.3 is 5.32 Å². The minimum absolute atomic E-state index is 0.473. The molecule has 1 aromatic heterocycles. The second-order valence-electron chi connectivity index (χ2n) is 5.08. The van der Waals surface area contributed by atoms with Crippen molar-refractivity contribution in [3.05, 3.63) is 52.3 Å². The maximum absolute atomic E-state index is 6.03. The van der Waals surface area contributed by atoms with Gasteiger partial charge >= 0.3 is 0 Å². The summed E-state index contributed by atoms with van der Waals surface area (Å²) in [5.74, 6) is 0. The van der Waals surface area contributed by atoms with Crippen LogP contribution in [0.1, 0.15) is 29.3 Å². The summed E-state index contributed by atoms with van der Waals surface area (Å²) in [7, 11) is 1.99. The number of rotatable bonds is 4. The van der Waals surface area contributed by atoms with Crippen LogP contribution in [0, 0.1) is 0 Å². The van der Waals surface area contributed by atoms with E-state index in [-0.39, 0.29) is 0 Å². The highest BCUT2D eigenvalue weighted by Crippen LogP contribution is 2.32. The molecule has 100 valence electrons. The maximum Gasteiger partial charge on any atom is 0.0492 e. The lowest BCUT2D eigenvalue weighted by Crippen LogP contribution is -2.22. The lowest BCUT2D eigenvalue weighted by molar-refractivity contribution is 0.526. The Kier molecular flexibility index (Phi) is 3.58. The number of halogens is 1. The molecule has 0 radical (unpaired) electrons. The average Bonchev–Trinajstić information content (AvgIpc) is 2.97. The first-order valence-electron chi connectivity index (χ1n) is 6.72. The van der Waals surface area contributed by atoms with E-state index in [0.717, 1.165) is 24.4 Å². The van der Waals surface area contributed by atoms with Gasteiger partial charge in [-0.2, -0.15) is 5.10 Å². The topological polar surface area (TPSA) is 29.9 Å². The van der Waals surface area contributed by atoms with Gasteiger partial charge in [-0.15, -0.1) is 0 Å².